The van der Waals surface area contributed by atoms with E-state index in [1.807, 2.05) is 24.4 Å². The fraction of sp³-hybridized carbons (Fsp3) is 0.0417. The number of pyridine rings is 1. The van der Waals surface area contributed by atoms with Crippen LogP contribution in [0.15, 0.2) is 85.1 Å². The summed E-state index contributed by atoms with van der Waals surface area (Å²) < 4.78 is 5.43. The first-order valence-corrected chi connectivity index (χ1v) is 8.69. The predicted octanol–water partition coefficient (Wildman–Crippen LogP) is 6.22. The summed E-state index contributed by atoms with van der Waals surface area (Å²) in [7, 11) is 1.70. The Kier molecular flexibility index (Phi) is 3.36. The minimum atomic E-state index is 0.859. The van der Waals surface area contributed by atoms with E-state index in [0.29, 0.717) is 0 Å². The Morgan fingerprint density at radius 2 is 1.54 bits per heavy atom. The molecule has 124 valence electrons. The quantitative estimate of drug-likeness (QED) is 0.357. The van der Waals surface area contributed by atoms with Crippen LogP contribution in [0.2, 0.25) is 0 Å². The van der Waals surface area contributed by atoms with Gasteiger partial charge in [0, 0.05) is 22.4 Å². The van der Waals surface area contributed by atoms with Crippen molar-refractivity contribution in [2.75, 3.05) is 7.11 Å². The predicted molar refractivity (Wildman–Crippen MR) is 109 cm³/mol. The van der Waals surface area contributed by atoms with E-state index >= 15 is 0 Å². The molecule has 0 atom stereocenters. The molecule has 0 aliphatic heterocycles. The van der Waals surface area contributed by atoms with Crippen LogP contribution in [0.1, 0.15) is 0 Å². The molecule has 0 amide bonds. The molecule has 4 aromatic carbocycles. The van der Waals surface area contributed by atoms with Crippen molar-refractivity contribution in [3.05, 3.63) is 85.1 Å². The third-order valence-corrected chi connectivity index (χ3v) is 4.98. The summed E-state index contributed by atoms with van der Waals surface area (Å²) in [4.78, 5) is 4.71. The van der Waals surface area contributed by atoms with Crippen molar-refractivity contribution in [3.8, 4) is 16.9 Å². The molecule has 5 aromatic rings. The van der Waals surface area contributed by atoms with Crippen LogP contribution < -0.4 is 4.74 Å². The molecule has 26 heavy (non-hydrogen) atoms. The minimum Gasteiger partial charge on any atom is -0.497 e. The molecule has 0 bridgehead atoms. The lowest BCUT2D eigenvalue weighted by Crippen LogP contribution is -1.89. The third kappa shape index (κ3) is 2.23. The number of hydrogen-bond acceptors (Lipinski definition) is 2. The number of benzene rings is 4. The van der Waals surface area contributed by atoms with Crippen LogP contribution >= 0.6 is 0 Å². The van der Waals surface area contributed by atoms with Gasteiger partial charge in [-0.1, -0.05) is 54.6 Å². The average molecular weight is 335 g/mol. The molecule has 0 saturated carbocycles. The zero-order chi connectivity index (χ0) is 17.5. The van der Waals surface area contributed by atoms with E-state index in [-0.39, 0.29) is 0 Å². The van der Waals surface area contributed by atoms with Gasteiger partial charge < -0.3 is 4.74 Å². The smallest absolute Gasteiger partial charge is 0.119 e. The van der Waals surface area contributed by atoms with E-state index < -0.39 is 0 Å². The second kappa shape index (κ2) is 5.85. The Morgan fingerprint density at radius 1 is 0.731 bits per heavy atom. The monoisotopic (exact) mass is 335 g/mol. The summed E-state index contributed by atoms with van der Waals surface area (Å²) in [6, 6.07) is 27.4. The van der Waals surface area contributed by atoms with E-state index in [9.17, 15) is 0 Å². The first-order valence-electron chi connectivity index (χ1n) is 8.69. The van der Waals surface area contributed by atoms with Crippen LogP contribution in [-0.2, 0) is 0 Å². The SMILES string of the molecule is COc1cccc(-c2cc3ccccc3c3c2cnc2ccccc23)c1. The fourth-order valence-corrected chi connectivity index (χ4v) is 3.75. The van der Waals surface area contributed by atoms with E-state index in [2.05, 4.69) is 60.7 Å². The molecule has 2 heteroatoms. The van der Waals surface area contributed by atoms with Crippen molar-refractivity contribution in [2.45, 2.75) is 0 Å². The molecule has 0 saturated heterocycles. The Morgan fingerprint density at radius 3 is 2.42 bits per heavy atom. The van der Waals surface area contributed by atoms with Gasteiger partial charge in [-0.3, -0.25) is 4.98 Å². The Hall–Kier alpha value is -3.39. The van der Waals surface area contributed by atoms with Crippen molar-refractivity contribution in [1.29, 1.82) is 0 Å². The minimum absolute atomic E-state index is 0.859. The van der Waals surface area contributed by atoms with Gasteiger partial charge in [0.15, 0.2) is 0 Å². The van der Waals surface area contributed by atoms with Gasteiger partial charge in [0.2, 0.25) is 0 Å². The Bertz CT molecular complexity index is 1260. The first kappa shape index (κ1) is 14.9. The number of para-hydroxylation sites is 1. The molecule has 0 N–H and O–H groups in total. The summed E-state index contributed by atoms with van der Waals surface area (Å²) in [5.41, 5.74) is 3.33. The van der Waals surface area contributed by atoms with Crippen LogP contribution in [0, 0.1) is 0 Å². The highest BCUT2D eigenvalue weighted by atomic mass is 16.5. The number of hydrogen-bond donors (Lipinski definition) is 0. The van der Waals surface area contributed by atoms with Gasteiger partial charge in [0.25, 0.3) is 0 Å². The maximum absolute atomic E-state index is 5.43. The highest BCUT2D eigenvalue weighted by molar-refractivity contribution is 6.23. The molecule has 2 nitrogen and oxygen atoms in total. The number of rotatable bonds is 2. The van der Waals surface area contributed by atoms with E-state index in [1.165, 1.54) is 27.1 Å². The van der Waals surface area contributed by atoms with Gasteiger partial charge >= 0.3 is 0 Å². The maximum Gasteiger partial charge on any atom is 0.119 e. The fourth-order valence-electron chi connectivity index (χ4n) is 3.75. The molecular weight excluding hydrogens is 318 g/mol. The Labute approximate surface area is 151 Å². The first-order chi connectivity index (χ1) is 12.8. The lowest BCUT2D eigenvalue weighted by molar-refractivity contribution is 0.415. The van der Waals surface area contributed by atoms with E-state index in [1.54, 1.807) is 7.11 Å². The second-order valence-corrected chi connectivity index (χ2v) is 6.44. The highest BCUT2D eigenvalue weighted by Crippen LogP contribution is 2.38. The normalized spacial score (nSPS) is 11.3. The third-order valence-electron chi connectivity index (χ3n) is 4.98. The Balaban J connectivity index is 1.99. The molecule has 1 heterocycles. The molecule has 0 aliphatic carbocycles. The van der Waals surface area contributed by atoms with Gasteiger partial charge in [-0.2, -0.15) is 0 Å². The van der Waals surface area contributed by atoms with Crippen LogP contribution in [0.25, 0.3) is 43.6 Å². The second-order valence-electron chi connectivity index (χ2n) is 6.44. The largest absolute Gasteiger partial charge is 0.497 e. The van der Waals surface area contributed by atoms with Crippen molar-refractivity contribution in [1.82, 2.24) is 4.98 Å². The van der Waals surface area contributed by atoms with Crippen molar-refractivity contribution < 1.29 is 4.74 Å². The molecule has 1 aromatic heterocycles. The molecule has 0 unspecified atom stereocenters. The number of aromatic nitrogens is 1. The lowest BCUT2D eigenvalue weighted by atomic mass is 9.92. The van der Waals surface area contributed by atoms with Crippen molar-refractivity contribution in [3.63, 3.8) is 0 Å². The zero-order valence-electron chi connectivity index (χ0n) is 14.4. The maximum atomic E-state index is 5.43. The summed E-state index contributed by atoms with van der Waals surface area (Å²) in [5.74, 6) is 0.859. The van der Waals surface area contributed by atoms with Gasteiger partial charge in [0.1, 0.15) is 5.75 Å². The molecule has 0 spiro atoms. The van der Waals surface area contributed by atoms with Crippen LogP contribution in [0.4, 0.5) is 0 Å². The van der Waals surface area contributed by atoms with Crippen LogP contribution in [0.3, 0.4) is 0 Å². The van der Waals surface area contributed by atoms with Crippen molar-refractivity contribution in [2.24, 2.45) is 0 Å². The number of nitrogens with zero attached hydrogens (tertiary/aromatic N) is 1. The molecule has 5 rings (SSSR count). The van der Waals surface area contributed by atoms with E-state index in [4.69, 9.17) is 9.72 Å². The molecule has 0 aliphatic rings. The van der Waals surface area contributed by atoms with Gasteiger partial charge in [-0.05, 0) is 46.2 Å². The number of fused-ring (bicyclic) bond motifs is 5. The van der Waals surface area contributed by atoms with Crippen LogP contribution in [-0.4, -0.2) is 12.1 Å². The number of ether oxygens (including phenoxy) is 1. The van der Waals surface area contributed by atoms with Crippen molar-refractivity contribution >= 4 is 32.4 Å². The van der Waals surface area contributed by atoms with Gasteiger partial charge in [0.05, 0.1) is 12.6 Å². The van der Waals surface area contributed by atoms with Crippen LogP contribution in [0.5, 0.6) is 5.75 Å². The van der Waals surface area contributed by atoms with Gasteiger partial charge in [-0.15, -0.1) is 0 Å². The zero-order valence-corrected chi connectivity index (χ0v) is 14.4. The summed E-state index contributed by atoms with van der Waals surface area (Å²) in [6.07, 6.45) is 2.00. The van der Waals surface area contributed by atoms with E-state index in [0.717, 1.165) is 22.2 Å². The average Bonchev–Trinajstić information content (AvgIpc) is 2.72. The van der Waals surface area contributed by atoms with Gasteiger partial charge in [-0.25, -0.2) is 0 Å². The lowest BCUT2D eigenvalue weighted by Gasteiger charge is -2.13. The standard InChI is InChI=1S/C24H17NO/c1-26-18-9-6-8-16(13-18)21-14-17-7-2-3-10-19(17)24-20-11-4-5-12-23(20)25-15-22(21)24/h2-15H,1H3. The number of methoxy groups -OCH3 is 1. The molecule has 0 radical (unpaired) electrons. The molecule has 0 fully saturated rings. The summed E-state index contributed by atoms with van der Waals surface area (Å²) >= 11 is 0. The summed E-state index contributed by atoms with van der Waals surface area (Å²) in [5, 5.41) is 6.09. The summed E-state index contributed by atoms with van der Waals surface area (Å²) in [6.45, 7) is 0. The molecular formula is C24H17NO. The highest BCUT2D eigenvalue weighted by Gasteiger charge is 2.12. The topological polar surface area (TPSA) is 22.1 Å².